The Morgan fingerprint density at radius 2 is 1.83 bits per heavy atom. The van der Waals surface area contributed by atoms with E-state index in [2.05, 4.69) is 10.3 Å². The molecule has 0 radical (unpaired) electrons. The summed E-state index contributed by atoms with van der Waals surface area (Å²) in [6, 6.07) is 17.9. The molecule has 0 atom stereocenters. The molecule has 36 heavy (non-hydrogen) atoms. The monoisotopic (exact) mass is 480 g/mol. The van der Waals surface area contributed by atoms with Crippen LogP contribution in [0.1, 0.15) is 22.3 Å². The number of carbonyl (C=O) groups excluding carboxylic acids is 1. The molecule has 0 aliphatic rings. The summed E-state index contributed by atoms with van der Waals surface area (Å²) in [5.41, 5.74) is 2.69. The number of fused-ring (bicyclic) bond motifs is 1. The van der Waals surface area contributed by atoms with Gasteiger partial charge >= 0.3 is 0 Å². The average molecular weight is 481 g/mol. The number of aryl methyl sites for hydroxylation is 3. The molecule has 2 aromatic heterocycles. The lowest BCUT2D eigenvalue weighted by Crippen LogP contribution is -2.21. The van der Waals surface area contributed by atoms with Crippen LogP contribution in [0.3, 0.4) is 0 Å². The highest BCUT2D eigenvalue weighted by Gasteiger charge is 2.19. The number of ether oxygens (including phenoxy) is 2. The van der Waals surface area contributed by atoms with E-state index in [9.17, 15) is 14.9 Å². The lowest BCUT2D eigenvalue weighted by atomic mass is 10.1. The molecule has 8 heteroatoms. The van der Waals surface area contributed by atoms with Crippen LogP contribution in [0, 0.1) is 32.1 Å². The minimum absolute atomic E-state index is 0.000838. The predicted octanol–water partition coefficient (Wildman–Crippen LogP) is 4.97. The molecule has 0 spiro atoms. The van der Waals surface area contributed by atoms with E-state index in [1.807, 2.05) is 45.0 Å². The van der Waals surface area contributed by atoms with Gasteiger partial charge < -0.3 is 14.8 Å². The van der Waals surface area contributed by atoms with Gasteiger partial charge in [0.25, 0.3) is 11.5 Å². The van der Waals surface area contributed by atoms with Gasteiger partial charge in [0.1, 0.15) is 34.4 Å². The van der Waals surface area contributed by atoms with E-state index < -0.39 is 11.5 Å². The molecule has 0 fully saturated rings. The number of para-hydroxylation sites is 2. The van der Waals surface area contributed by atoms with E-state index in [-0.39, 0.29) is 17.0 Å². The standard InChI is InChI=1S/C28H24N4O4/c1-17-11-12-23(19(3)14-17)36-27-21(28(34)32-13-7-8-18(2)25(32)31-27)15-20(16-29)26(33)30-22-9-5-6-10-24(22)35-4/h5-15H,1-4H3,(H,30,33)/b20-15-. The summed E-state index contributed by atoms with van der Waals surface area (Å²) in [5, 5.41) is 12.4. The highest BCUT2D eigenvalue weighted by molar-refractivity contribution is 6.10. The number of amides is 1. The van der Waals surface area contributed by atoms with Gasteiger partial charge in [0.15, 0.2) is 0 Å². The first-order valence-electron chi connectivity index (χ1n) is 11.2. The van der Waals surface area contributed by atoms with Crippen LogP contribution in [0.4, 0.5) is 5.69 Å². The lowest BCUT2D eigenvalue weighted by Gasteiger charge is -2.13. The van der Waals surface area contributed by atoms with Crippen LogP contribution in [-0.2, 0) is 4.79 Å². The van der Waals surface area contributed by atoms with Crippen LogP contribution in [0.2, 0.25) is 0 Å². The van der Waals surface area contributed by atoms with Crippen LogP contribution < -0.4 is 20.3 Å². The second kappa shape index (κ2) is 10.2. The first-order chi connectivity index (χ1) is 17.3. The molecular formula is C28H24N4O4. The second-order valence-electron chi connectivity index (χ2n) is 8.22. The van der Waals surface area contributed by atoms with E-state index in [1.54, 1.807) is 42.6 Å². The zero-order valence-corrected chi connectivity index (χ0v) is 20.3. The maximum Gasteiger partial charge on any atom is 0.269 e. The Labute approximate surface area is 208 Å². The van der Waals surface area contributed by atoms with E-state index in [1.165, 1.54) is 17.6 Å². The molecule has 0 aliphatic heterocycles. The number of pyridine rings is 1. The largest absolute Gasteiger partial charge is 0.495 e. The van der Waals surface area contributed by atoms with Crippen LogP contribution >= 0.6 is 0 Å². The van der Waals surface area contributed by atoms with Gasteiger partial charge in [-0.05, 0) is 62.2 Å². The van der Waals surface area contributed by atoms with E-state index in [0.29, 0.717) is 22.8 Å². The number of nitrogens with one attached hydrogen (secondary N) is 1. The molecule has 2 heterocycles. The summed E-state index contributed by atoms with van der Waals surface area (Å²) in [7, 11) is 1.48. The fourth-order valence-corrected chi connectivity index (χ4v) is 3.74. The Morgan fingerprint density at radius 1 is 1.06 bits per heavy atom. The van der Waals surface area contributed by atoms with Gasteiger partial charge in [-0.2, -0.15) is 10.2 Å². The molecule has 180 valence electrons. The first-order valence-corrected chi connectivity index (χ1v) is 11.2. The molecule has 1 N–H and O–H groups in total. The number of aromatic nitrogens is 2. The summed E-state index contributed by atoms with van der Waals surface area (Å²) in [5.74, 6) is 0.245. The van der Waals surface area contributed by atoms with Crippen molar-refractivity contribution in [3.8, 4) is 23.4 Å². The van der Waals surface area contributed by atoms with Crippen molar-refractivity contribution in [3.63, 3.8) is 0 Å². The zero-order chi connectivity index (χ0) is 25.8. The number of methoxy groups -OCH3 is 1. The maximum atomic E-state index is 13.5. The number of anilines is 1. The first kappa shape index (κ1) is 24.2. The summed E-state index contributed by atoms with van der Waals surface area (Å²) in [4.78, 5) is 31.1. The number of hydrogen-bond donors (Lipinski definition) is 1. The number of nitrogens with zero attached hydrogens (tertiary/aromatic N) is 3. The van der Waals surface area contributed by atoms with E-state index in [0.717, 1.165) is 16.7 Å². The van der Waals surface area contributed by atoms with Crippen molar-refractivity contribution < 1.29 is 14.3 Å². The van der Waals surface area contributed by atoms with Crippen molar-refractivity contribution in [2.75, 3.05) is 12.4 Å². The smallest absolute Gasteiger partial charge is 0.269 e. The fourth-order valence-electron chi connectivity index (χ4n) is 3.74. The average Bonchev–Trinajstić information content (AvgIpc) is 2.86. The molecule has 0 bridgehead atoms. The molecule has 8 nitrogen and oxygen atoms in total. The quantitative estimate of drug-likeness (QED) is 0.309. The second-order valence-corrected chi connectivity index (χ2v) is 8.22. The number of nitriles is 1. The number of rotatable bonds is 6. The Bertz CT molecular complexity index is 1610. The summed E-state index contributed by atoms with van der Waals surface area (Å²) in [6.07, 6.45) is 2.78. The Morgan fingerprint density at radius 3 is 2.56 bits per heavy atom. The van der Waals surface area contributed by atoms with Gasteiger partial charge in [-0.15, -0.1) is 0 Å². The highest BCUT2D eigenvalue weighted by Crippen LogP contribution is 2.28. The zero-order valence-electron chi connectivity index (χ0n) is 20.3. The SMILES string of the molecule is COc1ccccc1NC(=O)/C(C#N)=C\c1c(Oc2ccc(C)cc2C)nc2c(C)cccn2c1=O. The van der Waals surface area contributed by atoms with Crippen molar-refractivity contribution >= 4 is 23.3 Å². The van der Waals surface area contributed by atoms with Gasteiger partial charge in [-0.3, -0.25) is 14.0 Å². The molecule has 0 aliphatic carbocycles. The van der Waals surface area contributed by atoms with Crippen molar-refractivity contribution in [1.82, 2.24) is 9.38 Å². The van der Waals surface area contributed by atoms with Crippen LogP contribution in [0.25, 0.3) is 11.7 Å². The Balaban J connectivity index is 1.85. The molecular weight excluding hydrogens is 456 g/mol. The molecule has 1 amide bonds. The topological polar surface area (TPSA) is 106 Å². The number of benzene rings is 2. The molecule has 0 saturated heterocycles. The van der Waals surface area contributed by atoms with E-state index >= 15 is 0 Å². The van der Waals surface area contributed by atoms with Crippen molar-refractivity contribution in [1.29, 1.82) is 5.26 Å². The summed E-state index contributed by atoms with van der Waals surface area (Å²) < 4.78 is 12.7. The summed E-state index contributed by atoms with van der Waals surface area (Å²) >= 11 is 0. The molecule has 0 unspecified atom stereocenters. The Kier molecular flexibility index (Phi) is 6.84. The minimum Gasteiger partial charge on any atom is -0.495 e. The molecule has 4 aromatic rings. The van der Waals surface area contributed by atoms with E-state index in [4.69, 9.17) is 9.47 Å². The van der Waals surface area contributed by atoms with Gasteiger partial charge in [0.05, 0.1) is 12.8 Å². The molecule has 2 aromatic carbocycles. The fraction of sp³-hybridized carbons (Fsp3) is 0.143. The van der Waals surface area contributed by atoms with Gasteiger partial charge in [0.2, 0.25) is 5.88 Å². The number of carbonyl (C=O) groups is 1. The highest BCUT2D eigenvalue weighted by atomic mass is 16.5. The van der Waals surface area contributed by atoms with Crippen LogP contribution in [0.5, 0.6) is 17.4 Å². The van der Waals surface area contributed by atoms with Crippen molar-refractivity contribution in [3.05, 3.63) is 99.0 Å². The Hall–Kier alpha value is -4.90. The van der Waals surface area contributed by atoms with Gasteiger partial charge in [-0.1, -0.05) is 35.9 Å². The molecule has 4 rings (SSSR count). The minimum atomic E-state index is -0.701. The van der Waals surface area contributed by atoms with Crippen molar-refractivity contribution in [2.45, 2.75) is 20.8 Å². The van der Waals surface area contributed by atoms with Crippen LogP contribution in [-0.4, -0.2) is 22.4 Å². The van der Waals surface area contributed by atoms with Gasteiger partial charge in [0, 0.05) is 6.20 Å². The summed E-state index contributed by atoms with van der Waals surface area (Å²) in [6.45, 7) is 5.69. The molecule has 0 saturated carbocycles. The predicted molar refractivity (Wildman–Crippen MR) is 137 cm³/mol. The van der Waals surface area contributed by atoms with Crippen LogP contribution in [0.15, 0.2) is 71.2 Å². The third kappa shape index (κ3) is 4.81. The normalized spacial score (nSPS) is 11.1. The third-order valence-electron chi connectivity index (χ3n) is 5.60. The van der Waals surface area contributed by atoms with Crippen molar-refractivity contribution in [2.24, 2.45) is 0 Å². The lowest BCUT2D eigenvalue weighted by molar-refractivity contribution is -0.112. The third-order valence-corrected chi connectivity index (χ3v) is 5.60. The van der Waals surface area contributed by atoms with Gasteiger partial charge in [-0.25, -0.2) is 0 Å². The maximum absolute atomic E-state index is 13.5. The number of hydrogen-bond acceptors (Lipinski definition) is 6.